The summed E-state index contributed by atoms with van der Waals surface area (Å²) >= 11 is 5.11. The number of aryl methyl sites for hydroxylation is 1. The average Bonchev–Trinajstić information content (AvgIpc) is 2.52. The molecule has 0 aliphatic carbocycles. The second-order valence-electron chi connectivity index (χ2n) is 4.73. The molecule has 0 bridgehead atoms. The monoisotopic (exact) mass is 379 g/mol. The molecule has 0 aromatic heterocycles. The molecule has 0 atom stereocenters. The number of nitrogens with one attached hydrogen (secondary N) is 1. The molecule has 1 N–H and O–H groups in total. The number of benzene rings is 2. The third-order valence-corrected chi connectivity index (χ3v) is 4.58. The van der Waals surface area contributed by atoms with Gasteiger partial charge in [-0.25, -0.2) is 0 Å². The Morgan fingerprint density at radius 2 is 1.91 bits per heavy atom. The Morgan fingerprint density at radius 3 is 2.64 bits per heavy atom. The van der Waals surface area contributed by atoms with E-state index < -0.39 is 0 Å². The SMILES string of the molecule is Cc1ccc(SCCNC(=O)COc2ccccc2Br)cc1. The van der Waals surface area contributed by atoms with Crippen molar-refractivity contribution in [3.63, 3.8) is 0 Å². The Balaban J connectivity index is 1.64. The lowest BCUT2D eigenvalue weighted by Crippen LogP contribution is -2.30. The van der Waals surface area contributed by atoms with E-state index in [0.717, 1.165) is 10.2 Å². The van der Waals surface area contributed by atoms with E-state index in [1.54, 1.807) is 11.8 Å². The first-order chi connectivity index (χ1) is 10.6. The summed E-state index contributed by atoms with van der Waals surface area (Å²) in [4.78, 5) is 12.9. The van der Waals surface area contributed by atoms with E-state index >= 15 is 0 Å². The highest BCUT2D eigenvalue weighted by Gasteiger charge is 2.04. The van der Waals surface area contributed by atoms with Crippen LogP contribution < -0.4 is 10.1 Å². The fraction of sp³-hybridized carbons (Fsp3) is 0.235. The molecule has 1 amide bonds. The van der Waals surface area contributed by atoms with Gasteiger partial charge in [-0.15, -0.1) is 11.8 Å². The van der Waals surface area contributed by atoms with Crippen LogP contribution in [0.3, 0.4) is 0 Å². The highest BCUT2D eigenvalue weighted by Crippen LogP contribution is 2.23. The molecule has 0 saturated heterocycles. The normalized spacial score (nSPS) is 10.3. The summed E-state index contributed by atoms with van der Waals surface area (Å²) in [7, 11) is 0. The maximum atomic E-state index is 11.7. The number of hydrogen-bond acceptors (Lipinski definition) is 3. The van der Waals surface area contributed by atoms with Crippen molar-refractivity contribution < 1.29 is 9.53 Å². The molecule has 116 valence electrons. The van der Waals surface area contributed by atoms with E-state index in [0.29, 0.717) is 12.3 Å². The van der Waals surface area contributed by atoms with Crippen LogP contribution in [-0.4, -0.2) is 24.8 Å². The molecule has 0 radical (unpaired) electrons. The molecule has 5 heteroatoms. The number of halogens is 1. The molecule has 0 heterocycles. The number of thioether (sulfide) groups is 1. The fourth-order valence-corrected chi connectivity index (χ4v) is 2.92. The number of carbonyl (C=O) groups is 1. The van der Waals surface area contributed by atoms with Crippen molar-refractivity contribution in [2.24, 2.45) is 0 Å². The van der Waals surface area contributed by atoms with E-state index in [2.05, 4.69) is 52.4 Å². The first kappa shape index (κ1) is 16.9. The van der Waals surface area contributed by atoms with E-state index in [-0.39, 0.29) is 12.5 Å². The largest absolute Gasteiger partial charge is 0.483 e. The average molecular weight is 380 g/mol. The number of hydrogen-bond donors (Lipinski definition) is 1. The third-order valence-electron chi connectivity index (χ3n) is 2.91. The topological polar surface area (TPSA) is 38.3 Å². The molecule has 22 heavy (non-hydrogen) atoms. The summed E-state index contributed by atoms with van der Waals surface area (Å²) in [6.45, 7) is 2.72. The minimum atomic E-state index is -0.111. The minimum absolute atomic E-state index is 0.0256. The highest BCUT2D eigenvalue weighted by molar-refractivity contribution is 9.10. The van der Waals surface area contributed by atoms with Crippen molar-refractivity contribution in [2.75, 3.05) is 18.9 Å². The molecular formula is C17H18BrNO2S. The number of ether oxygens (including phenoxy) is 1. The first-order valence-electron chi connectivity index (χ1n) is 6.98. The molecule has 0 spiro atoms. The zero-order valence-electron chi connectivity index (χ0n) is 12.3. The zero-order valence-corrected chi connectivity index (χ0v) is 14.7. The smallest absolute Gasteiger partial charge is 0.257 e. The molecule has 3 nitrogen and oxygen atoms in total. The van der Waals surface area contributed by atoms with Crippen LogP contribution in [0.4, 0.5) is 0 Å². The van der Waals surface area contributed by atoms with Crippen LogP contribution in [0.1, 0.15) is 5.56 Å². The second kappa shape index (κ2) is 8.86. The predicted octanol–water partition coefficient (Wildman–Crippen LogP) is 4.04. The van der Waals surface area contributed by atoms with Gasteiger partial charge in [0.2, 0.25) is 0 Å². The summed E-state index contributed by atoms with van der Waals surface area (Å²) in [6.07, 6.45) is 0. The lowest BCUT2D eigenvalue weighted by atomic mass is 10.2. The zero-order chi connectivity index (χ0) is 15.8. The van der Waals surface area contributed by atoms with Crippen molar-refractivity contribution in [1.82, 2.24) is 5.32 Å². The molecule has 2 aromatic rings. The van der Waals surface area contributed by atoms with Gasteiger partial charge in [-0.1, -0.05) is 29.8 Å². The Kier molecular flexibility index (Phi) is 6.80. The van der Waals surface area contributed by atoms with Gasteiger partial charge < -0.3 is 10.1 Å². The molecule has 0 saturated carbocycles. The Morgan fingerprint density at radius 1 is 1.18 bits per heavy atom. The molecule has 0 aliphatic heterocycles. The van der Waals surface area contributed by atoms with Crippen LogP contribution in [0.5, 0.6) is 5.75 Å². The highest BCUT2D eigenvalue weighted by atomic mass is 79.9. The van der Waals surface area contributed by atoms with Gasteiger partial charge in [0.25, 0.3) is 5.91 Å². The van der Waals surface area contributed by atoms with E-state index in [9.17, 15) is 4.79 Å². The van der Waals surface area contributed by atoms with Gasteiger partial charge in [0.1, 0.15) is 5.75 Å². The second-order valence-corrected chi connectivity index (χ2v) is 6.75. The standard InChI is InChI=1S/C17H18BrNO2S/c1-13-6-8-14(9-7-13)22-11-10-19-17(20)12-21-16-5-3-2-4-15(16)18/h2-9H,10-12H2,1H3,(H,19,20). The summed E-state index contributed by atoms with van der Waals surface area (Å²) in [5.74, 6) is 1.40. The summed E-state index contributed by atoms with van der Waals surface area (Å²) < 4.78 is 6.31. The van der Waals surface area contributed by atoms with Crippen molar-refractivity contribution in [2.45, 2.75) is 11.8 Å². The van der Waals surface area contributed by atoms with Crippen molar-refractivity contribution in [1.29, 1.82) is 0 Å². The van der Waals surface area contributed by atoms with E-state index in [1.807, 2.05) is 24.3 Å². The summed E-state index contributed by atoms with van der Waals surface area (Å²) in [5.41, 5.74) is 1.25. The Bertz CT molecular complexity index is 616. The minimum Gasteiger partial charge on any atom is -0.483 e. The van der Waals surface area contributed by atoms with Crippen LogP contribution in [-0.2, 0) is 4.79 Å². The van der Waals surface area contributed by atoms with Crippen molar-refractivity contribution >= 4 is 33.6 Å². The number of amides is 1. The summed E-state index contributed by atoms with van der Waals surface area (Å²) in [6, 6.07) is 15.8. The third kappa shape index (κ3) is 5.73. The van der Waals surface area contributed by atoms with Crippen LogP contribution in [0.2, 0.25) is 0 Å². The number of carbonyl (C=O) groups excluding carboxylic acids is 1. The maximum absolute atomic E-state index is 11.7. The van der Waals surface area contributed by atoms with Gasteiger partial charge in [0.15, 0.2) is 6.61 Å². The van der Waals surface area contributed by atoms with Gasteiger partial charge in [-0.05, 0) is 47.1 Å². The van der Waals surface area contributed by atoms with E-state index in [1.165, 1.54) is 10.5 Å². The number of rotatable bonds is 7. The molecule has 0 fully saturated rings. The molecular weight excluding hydrogens is 362 g/mol. The van der Waals surface area contributed by atoms with Gasteiger partial charge in [0, 0.05) is 17.2 Å². The fourth-order valence-electron chi connectivity index (χ4n) is 1.75. The van der Waals surface area contributed by atoms with Gasteiger partial charge >= 0.3 is 0 Å². The maximum Gasteiger partial charge on any atom is 0.257 e. The van der Waals surface area contributed by atoms with Gasteiger partial charge in [0.05, 0.1) is 4.47 Å². The molecule has 0 unspecified atom stereocenters. The van der Waals surface area contributed by atoms with E-state index in [4.69, 9.17) is 4.74 Å². The molecule has 2 aromatic carbocycles. The van der Waals surface area contributed by atoms with Crippen molar-refractivity contribution in [3.05, 3.63) is 58.6 Å². The quantitative estimate of drug-likeness (QED) is 0.582. The Hall–Kier alpha value is -1.46. The van der Waals surface area contributed by atoms with Gasteiger partial charge in [-0.3, -0.25) is 4.79 Å². The first-order valence-corrected chi connectivity index (χ1v) is 8.76. The van der Waals surface area contributed by atoms with Gasteiger partial charge in [-0.2, -0.15) is 0 Å². The van der Waals surface area contributed by atoms with Crippen LogP contribution in [0.25, 0.3) is 0 Å². The van der Waals surface area contributed by atoms with Crippen LogP contribution >= 0.6 is 27.7 Å². The lowest BCUT2D eigenvalue weighted by Gasteiger charge is -2.08. The molecule has 2 rings (SSSR count). The Labute approximate surface area is 143 Å². The lowest BCUT2D eigenvalue weighted by molar-refractivity contribution is -0.122. The van der Waals surface area contributed by atoms with Crippen LogP contribution in [0, 0.1) is 6.92 Å². The predicted molar refractivity (Wildman–Crippen MR) is 94.5 cm³/mol. The number of para-hydroxylation sites is 1. The van der Waals surface area contributed by atoms with Crippen molar-refractivity contribution in [3.8, 4) is 5.75 Å². The summed E-state index contributed by atoms with van der Waals surface area (Å²) in [5, 5.41) is 2.85. The van der Waals surface area contributed by atoms with Crippen LogP contribution in [0.15, 0.2) is 57.9 Å². The molecule has 0 aliphatic rings.